The molecule has 1 fully saturated rings. The smallest absolute Gasteiger partial charge is 0.240 e. The van der Waals surface area contributed by atoms with Gasteiger partial charge in [-0.15, -0.1) is 0 Å². The predicted molar refractivity (Wildman–Crippen MR) is 90.7 cm³/mol. The van der Waals surface area contributed by atoms with Crippen molar-refractivity contribution in [1.82, 2.24) is 5.32 Å². The van der Waals surface area contributed by atoms with Crippen molar-refractivity contribution in [1.29, 1.82) is 0 Å². The van der Waals surface area contributed by atoms with Gasteiger partial charge < -0.3 is 20.5 Å². The van der Waals surface area contributed by atoms with Gasteiger partial charge in [0.1, 0.15) is 0 Å². The van der Waals surface area contributed by atoms with Gasteiger partial charge in [-0.25, -0.2) is 0 Å². The predicted octanol–water partition coefficient (Wildman–Crippen LogP) is 2.93. The van der Waals surface area contributed by atoms with E-state index in [-0.39, 0.29) is 11.9 Å². The molecular weight excluding hydrogens is 292 g/mol. The van der Waals surface area contributed by atoms with Crippen molar-refractivity contribution >= 4 is 5.91 Å². The molecule has 0 saturated heterocycles. The lowest BCUT2D eigenvalue weighted by Gasteiger charge is -2.25. The molecular formula is C18H28N2O3. The number of rotatable bonds is 7. The van der Waals surface area contributed by atoms with Crippen LogP contribution in [0.3, 0.4) is 0 Å². The van der Waals surface area contributed by atoms with E-state index >= 15 is 0 Å². The van der Waals surface area contributed by atoms with Gasteiger partial charge in [0.05, 0.1) is 24.8 Å². The van der Waals surface area contributed by atoms with E-state index in [0.29, 0.717) is 19.0 Å². The third-order valence-electron chi connectivity index (χ3n) is 4.36. The molecule has 1 aromatic carbocycles. The lowest BCUT2D eigenvalue weighted by molar-refractivity contribution is -0.126. The molecule has 0 bridgehead atoms. The Balaban J connectivity index is 2.10. The van der Waals surface area contributed by atoms with Crippen LogP contribution in [0.4, 0.5) is 0 Å². The maximum absolute atomic E-state index is 12.4. The summed E-state index contributed by atoms with van der Waals surface area (Å²) in [5.74, 6) is 1.37. The molecule has 1 unspecified atom stereocenters. The van der Waals surface area contributed by atoms with E-state index in [9.17, 15) is 4.79 Å². The van der Waals surface area contributed by atoms with Gasteiger partial charge in [0.15, 0.2) is 11.5 Å². The summed E-state index contributed by atoms with van der Waals surface area (Å²) in [4.78, 5) is 12.4. The average molecular weight is 320 g/mol. The molecule has 23 heavy (non-hydrogen) atoms. The van der Waals surface area contributed by atoms with Gasteiger partial charge in [-0.3, -0.25) is 4.79 Å². The summed E-state index contributed by atoms with van der Waals surface area (Å²) in [6.45, 7) is 6.99. The van der Waals surface area contributed by atoms with Crippen molar-refractivity contribution in [2.24, 2.45) is 5.73 Å². The van der Waals surface area contributed by atoms with Gasteiger partial charge in [-0.2, -0.15) is 0 Å². The number of hydrogen-bond donors (Lipinski definition) is 2. The zero-order valence-corrected chi connectivity index (χ0v) is 14.4. The summed E-state index contributed by atoms with van der Waals surface area (Å²) in [6.07, 6.45) is 3.57. The molecule has 0 spiro atoms. The van der Waals surface area contributed by atoms with Crippen LogP contribution >= 0.6 is 0 Å². The zero-order chi connectivity index (χ0) is 16.9. The minimum atomic E-state index is -0.706. The van der Waals surface area contributed by atoms with Crippen LogP contribution in [-0.2, 0) is 4.79 Å². The highest BCUT2D eigenvalue weighted by molar-refractivity contribution is 5.86. The zero-order valence-electron chi connectivity index (χ0n) is 14.4. The van der Waals surface area contributed by atoms with Crippen molar-refractivity contribution in [3.05, 3.63) is 23.8 Å². The monoisotopic (exact) mass is 320 g/mol. The second-order valence-electron chi connectivity index (χ2n) is 6.13. The summed E-state index contributed by atoms with van der Waals surface area (Å²) >= 11 is 0. The normalized spacial score (nSPS) is 17.6. The van der Waals surface area contributed by atoms with Gasteiger partial charge >= 0.3 is 0 Å². The van der Waals surface area contributed by atoms with Crippen LogP contribution in [0.1, 0.15) is 58.1 Å². The fraction of sp³-hybridized carbons (Fsp3) is 0.611. The van der Waals surface area contributed by atoms with Gasteiger partial charge in [-0.1, -0.05) is 18.9 Å². The van der Waals surface area contributed by atoms with Crippen LogP contribution < -0.4 is 20.5 Å². The second kappa shape index (κ2) is 7.68. The number of hydrogen-bond acceptors (Lipinski definition) is 4. The van der Waals surface area contributed by atoms with Crippen LogP contribution in [0.25, 0.3) is 0 Å². The van der Waals surface area contributed by atoms with Crippen LogP contribution in [0.2, 0.25) is 0 Å². The quantitative estimate of drug-likeness (QED) is 0.810. The van der Waals surface area contributed by atoms with E-state index in [4.69, 9.17) is 15.2 Å². The second-order valence-corrected chi connectivity index (χ2v) is 6.13. The molecule has 3 N–H and O–H groups in total. The van der Waals surface area contributed by atoms with Crippen molar-refractivity contribution in [3.8, 4) is 11.5 Å². The maximum atomic E-state index is 12.4. The molecule has 0 radical (unpaired) electrons. The van der Waals surface area contributed by atoms with E-state index in [1.165, 1.54) is 0 Å². The summed E-state index contributed by atoms with van der Waals surface area (Å²) in [5, 5.41) is 3.04. The number of amides is 1. The molecule has 0 aromatic heterocycles. The summed E-state index contributed by atoms with van der Waals surface area (Å²) in [6, 6.07) is 5.65. The largest absolute Gasteiger partial charge is 0.490 e. The Hall–Kier alpha value is -1.75. The average Bonchev–Trinajstić information content (AvgIpc) is 2.97. The van der Waals surface area contributed by atoms with E-state index in [1.807, 2.05) is 39.0 Å². The van der Waals surface area contributed by atoms with Crippen molar-refractivity contribution in [2.75, 3.05) is 13.2 Å². The molecule has 128 valence electrons. The fourth-order valence-electron chi connectivity index (χ4n) is 2.99. The Morgan fingerprint density at radius 3 is 2.43 bits per heavy atom. The lowest BCUT2D eigenvalue weighted by atomic mass is 9.97. The van der Waals surface area contributed by atoms with Crippen LogP contribution in [-0.4, -0.2) is 24.7 Å². The molecule has 1 aliphatic carbocycles. The van der Waals surface area contributed by atoms with Gasteiger partial charge in [-0.05, 0) is 51.3 Å². The summed E-state index contributed by atoms with van der Waals surface area (Å²) < 4.78 is 11.2. The Kier molecular flexibility index (Phi) is 5.88. The number of nitrogens with two attached hydrogens (primary N) is 1. The van der Waals surface area contributed by atoms with Crippen LogP contribution in [0, 0.1) is 0 Å². The maximum Gasteiger partial charge on any atom is 0.240 e. The molecule has 5 nitrogen and oxygen atoms in total. The highest BCUT2D eigenvalue weighted by Crippen LogP contribution is 2.32. The van der Waals surface area contributed by atoms with Gasteiger partial charge in [0, 0.05) is 0 Å². The number of nitrogens with one attached hydrogen (secondary N) is 1. The highest BCUT2D eigenvalue weighted by atomic mass is 16.5. The number of carbonyl (C=O) groups excluding carboxylic acids is 1. The molecule has 0 aliphatic heterocycles. The molecule has 1 saturated carbocycles. The number of ether oxygens (including phenoxy) is 2. The molecule has 2 rings (SSSR count). The van der Waals surface area contributed by atoms with E-state index in [1.54, 1.807) is 0 Å². The Morgan fingerprint density at radius 2 is 1.83 bits per heavy atom. The molecule has 0 heterocycles. The summed E-state index contributed by atoms with van der Waals surface area (Å²) in [7, 11) is 0. The van der Waals surface area contributed by atoms with Crippen molar-refractivity contribution in [2.45, 2.75) is 58.0 Å². The van der Waals surface area contributed by atoms with Crippen LogP contribution in [0.15, 0.2) is 18.2 Å². The lowest BCUT2D eigenvalue weighted by Crippen LogP contribution is -2.52. The third-order valence-corrected chi connectivity index (χ3v) is 4.36. The van der Waals surface area contributed by atoms with E-state index in [2.05, 4.69) is 5.32 Å². The first kappa shape index (κ1) is 17.6. The first-order valence-corrected chi connectivity index (χ1v) is 8.49. The Morgan fingerprint density at radius 1 is 1.22 bits per heavy atom. The van der Waals surface area contributed by atoms with Crippen LogP contribution in [0.5, 0.6) is 11.5 Å². The standard InChI is InChI=1S/C18H28N2O3/c1-4-22-15-9-8-14(12-16(15)23-5-2)13(3)20-17(21)18(19)10-6-7-11-18/h8-9,12-13H,4-7,10-11,19H2,1-3H3,(H,20,21). The first-order valence-electron chi connectivity index (χ1n) is 8.49. The number of carbonyl (C=O) groups is 1. The van der Waals surface area contributed by atoms with E-state index in [0.717, 1.165) is 37.0 Å². The molecule has 1 amide bonds. The molecule has 1 aromatic rings. The Labute approximate surface area is 138 Å². The summed E-state index contributed by atoms with van der Waals surface area (Å²) in [5.41, 5.74) is 6.49. The minimum Gasteiger partial charge on any atom is -0.490 e. The minimum absolute atomic E-state index is 0.0608. The van der Waals surface area contributed by atoms with Gasteiger partial charge in [0.2, 0.25) is 5.91 Å². The SMILES string of the molecule is CCOc1ccc(C(C)NC(=O)C2(N)CCCC2)cc1OCC. The Bertz CT molecular complexity index is 539. The van der Waals surface area contributed by atoms with Crippen molar-refractivity contribution in [3.63, 3.8) is 0 Å². The number of benzene rings is 1. The van der Waals surface area contributed by atoms with Crippen molar-refractivity contribution < 1.29 is 14.3 Å². The highest BCUT2D eigenvalue weighted by Gasteiger charge is 2.37. The molecule has 1 aliphatic rings. The topological polar surface area (TPSA) is 73.6 Å². The fourth-order valence-corrected chi connectivity index (χ4v) is 2.99. The van der Waals surface area contributed by atoms with E-state index < -0.39 is 5.54 Å². The molecule has 1 atom stereocenters. The molecule has 5 heteroatoms. The first-order chi connectivity index (χ1) is 11.0. The third kappa shape index (κ3) is 4.16. The van der Waals surface area contributed by atoms with Gasteiger partial charge in [0.25, 0.3) is 0 Å².